The average molecular weight is 330 g/mol. The molecule has 4 heteroatoms. The summed E-state index contributed by atoms with van der Waals surface area (Å²) in [5.41, 5.74) is 5.35. The average Bonchev–Trinajstić information content (AvgIpc) is 2.91. The van der Waals surface area contributed by atoms with Gasteiger partial charge in [0.2, 0.25) is 0 Å². The molecule has 0 aliphatic carbocycles. The van der Waals surface area contributed by atoms with Gasteiger partial charge in [-0.05, 0) is 41.3 Å². The van der Waals surface area contributed by atoms with E-state index in [2.05, 4.69) is 17.9 Å². The number of ketones is 1. The molecule has 25 heavy (non-hydrogen) atoms. The Bertz CT molecular complexity index is 925. The van der Waals surface area contributed by atoms with Crippen molar-refractivity contribution in [3.05, 3.63) is 53.1 Å². The summed E-state index contributed by atoms with van der Waals surface area (Å²) in [4.78, 5) is 28.3. The normalized spacial score (nSPS) is 16.6. The first-order chi connectivity index (χ1) is 12.2. The Morgan fingerprint density at radius 3 is 2.56 bits per heavy atom. The van der Waals surface area contributed by atoms with Crippen LogP contribution in [0.5, 0.6) is 0 Å². The fourth-order valence-corrected chi connectivity index (χ4v) is 3.81. The third-order valence-corrected chi connectivity index (χ3v) is 5.11. The molecule has 2 aromatic rings. The van der Waals surface area contributed by atoms with Crippen molar-refractivity contribution in [1.82, 2.24) is 4.90 Å². The highest BCUT2D eigenvalue weighted by atomic mass is 16.2. The summed E-state index contributed by atoms with van der Waals surface area (Å²) in [7, 11) is 0. The number of carbonyl (C=O) groups is 2. The van der Waals surface area contributed by atoms with Crippen molar-refractivity contribution >= 4 is 17.4 Å². The molecule has 0 aromatic heterocycles. The van der Waals surface area contributed by atoms with Crippen molar-refractivity contribution in [2.45, 2.75) is 19.9 Å². The van der Waals surface area contributed by atoms with Crippen LogP contribution < -0.4 is 4.90 Å². The molecule has 0 bridgehead atoms. The van der Waals surface area contributed by atoms with Crippen LogP contribution in [0, 0.1) is 12.5 Å². The number of rotatable bonds is 2. The van der Waals surface area contributed by atoms with Gasteiger partial charge in [-0.1, -0.05) is 43.7 Å². The van der Waals surface area contributed by atoms with Gasteiger partial charge in [0.05, 0.1) is 11.3 Å². The minimum Gasteiger partial charge on any atom is -0.299 e. The topological polar surface area (TPSA) is 40.6 Å². The molecule has 2 heterocycles. The lowest BCUT2D eigenvalue weighted by Gasteiger charge is -2.31. The Morgan fingerprint density at radius 1 is 1.12 bits per heavy atom. The van der Waals surface area contributed by atoms with Crippen molar-refractivity contribution in [2.24, 2.45) is 0 Å². The highest BCUT2D eigenvalue weighted by Gasteiger charge is 2.40. The van der Waals surface area contributed by atoms with Gasteiger partial charge >= 0.3 is 5.91 Å². The number of benzene rings is 2. The van der Waals surface area contributed by atoms with Gasteiger partial charge in [-0.15, -0.1) is 0 Å². The van der Waals surface area contributed by atoms with Crippen LogP contribution in [0.3, 0.4) is 0 Å². The molecule has 0 unspecified atom stereocenters. The highest BCUT2D eigenvalue weighted by Crippen LogP contribution is 2.42. The fourth-order valence-electron chi connectivity index (χ4n) is 3.81. The zero-order valence-electron chi connectivity index (χ0n) is 14.1. The van der Waals surface area contributed by atoms with Crippen LogP contribution in [0.1, 0.15) is 28.4 Å². The van der Waals surface area contributed by atoms with E-state index in [4.69, 9.17) is 6.42 Å². The molecule has 0 N–H and O–H groups in total. The van der Waals surface area contributed by atoms with Gasteiger partial charge in [-0.2, -0.15) is 0 Å². The summed E-state index contributed by atoms with van der Waals surface area (Å²) in [5.74, 6) is -1.14. The number of amides is 1. The summed E-state index contributed by atoms with van der Waals surface area (Å²) in [6.45, 7) is 4.69. The zero-order chi connectivity index (χ0) is 17.6. The van der Waals surface area contributed by atoms with Crippen LogP contribution >= 0.6 is 0 Å². The maximum atomic E-state index is 12.5. The van der Waals surface area contributed by atoms with Crippen LogP contribution in [0.15, 0.2) is 36.4 Å². The van der Waals surface area contributed by atoms with Gasteiger partial charge < -0.3 is 0 Å². The Kier molecular flexibility index (Phi) is 3.67. The van der Waals surface area contributed by atoms with E-state index in [-0.39, 0.29) is 0 Å². The number of likely N-dealkylation sites (N-methyl/N-ethyl adjacent to an activating group) is 1. The Morgan fingerprint density at radius 2 is 1.88 bits per heavy atom. The van der Waals surface area contributed by atoms with Crippen molar-refractivity contribution in [3.63, 3.8) is 0 Å². The first-order valence-corrected chi connectivity index (χ1v) is 8.47. The molecular formula is C21H18N2O2. The zero-order valence-corrected chi connectivity index (χ0v) is 14.1. The molecule has 124 valence electrons. The van der Waals surface area contributed by atoms with Gasteiger partial charge in [0.25, 0.3) is 5.78 Å². The lowest BCUT2D eigenvalue weighted by Crippen LogP contribution is -2.32. The molecule has 0 saturated carbocycles. The van der Waals surface area contributed by atoms with Crippen molar-refractivity contribution in [2.75, 3.05) is 18.0 Å². The van der Waals surface area contributed by atoms with Gasteiger partial charge in [0.15, 0.2) is 0 Å². The fraction of sp³-hybridized carbons (Fsp3) is 0.238. The van der Waals surface area contributed by atoms with E-state index < -0.39 is 11.7 Å². The maximum absolute atomic E-state index is 12.5. The third kappa shape index (κ3) is 2.28. The van der Waals surface area contributed by atoms with Crippen LogP contribution in [-0.2, 0) is 17.8 Å². The molecule has 2 aliphatic rings. The smallest absolute Gasteiger partial charge is 0.299 e. The number of fused-ring (bicyclic) bond motifs is 3. The second-order valence-corrected chi connectivity index (χ2v) is 6.36. The van der Waals surface area contributed by atoms with Crippen LogP contribution in [0.25, 0.3) is 11.1 Å². The molecule has 0 spiro atoms. The molecule has 0 radical (unpaired) electrons. The first kappa shape index (κ1) is 15.6. The van der Waals surface area contributed by atoms with Gasteiger partial charge in [-0.3, -0.25) is 14.5 Å². The number of hydrogen-bond donors (Lipinski definition) is 0. The van der Waals surface area contributed by atoms with Crippen LogP contribution in [0.4, 0.5) is 5.69 Å². The van der Waals surface area contributed by atoms with Gasteiger partial charge in [-0.25, -0.2) is 4.90 Å². The number of terminal acetylenes is 1. The summed E-state index contributed by atoms with van der Waals surface area (Å²) in [6, 6.07) is 14.2. The monoisotopic (exact) mass is 330 g/mol. The minimum absolute atomic E-state index is 0.429. The largest absolute Gasteiger partial charge is 0.311 e. The number of Topliss-reactive ketones (excluding diaryl/α,β-unsaturated/α-hetero) is 1. The Hall–Kier alpha value is -2.90. The standard InChI is InChI=1S/C21H18N2O2/c1-3-22-11-10-15-16(14-8-6-5-7-9-14)12-17-19(18(15)13-22)23(4-2)21(25)20(17)24/h2,5-9,12H,3,10-11,13H2,1H3. The van der Waals surface area contributed by atoms with Crippen molar-refractivity contribution in [3.8, 4) is 23.6 Å². The molecule has 4 nitrogen and oxygen atoms in total. The summed E-state index contributed by atoms with van der Waals surface area (Å²) in [6.07, 6.45) is 6.42. The predicted octanol–water partition coefficient (Wildman–Crippen LogP) is 2.85. The Labute approximate surface area is 147 Å². The molecule has 1 amide bonds. The Balaban J connectivity index is 2.01. The second kappa shape index (κ2) is 5.87. The molecule has 0 saturated heterocycles. The first-order valence-electron chi connectivity index (χ1n) is 8.47. The van der Waals surface area contributed by atoms with E-state index in [1.807, 2.05) is 36.4 Å². The second-order valence-electron chi connectivity index (χ2n) is 6.36. The lowest BCUT2D eigenvalue weighted by atomic mass is 9.87. The number of hydrogen-bond acceptors (Lipinski definition) is 3. The maximum Gasteiger partial charge on any atom is 0.311 e. The minimum atomic E-state index is -0.626. The summed E-state index contributed by atoms with van der Waals surface area (Å²) in [5, 5.41) is 0. The third-order valence-electron chi connectivity index (χ3n) is 5.11. The van der Waals surface area contributed by atoms with Crippen molar-refractivity contribution in [1.29, 1.82) is 0 Å². The molecule has 2 aromatic carbocycles. The van der Waals surface area contributed by atoms with E-state index in [0.717, 1.165) is 36.2 Å². The highest BCUT2D eigenvalue weighted by molar-refractivity contribution is 6.53. The van der Waals surface area contributed by atoms with E-state index in [9.17, 15) is 9.59 Å². The number of nitrogens with zero attached hydrogens (tertiary/aromatic N) is 2. The molecule has 0 atom stereocenters. The van der Waals surface area contributed by atoms with Gasteiger partial charge in [0, 0.05) is 19.1 Å². The van der Waals surface area contributed by atoms with E-state index >= 15 is 0 Å². The molecule has 4 rings (SSSR count). The summed E-state index contributed by atoms with van der Waals surface area (Å²) >= 11 is 0. The summed E-state index contributed by atoms with van der Waals surface area (Å²) < 4.78 is 0. The molecule has 2 aliphatic heterocycles. The number of carbonyl (C=O) groups excluding carboxylic acids is 2. The van der Waals surface area contributed by atoms with E-state index in [1.165, 1.54) is 10.5 Å². The van der Waals surface area contributed by atoms with E-state index in [1.54, 1.807) is 0 Å². The predicted molar refractivity (Wildman–Crippen MR) is 97.2 cm³/mol. The number of anilines is 1. The van der Waals surface area contributed by atoms with Crippen molar-refractivity contribution < 1.29 is 9.59 Å². The molecular weight excluding hydrogens is 312 g/mol. The lowest BCUT2D eigenvalue weighted by molar-refractivity contribution is -0.113. The van der Waals surface area contributed by atoms with Gasteiger partial charge in [0.1, 0.15) is 0 Å². The van der Waals surface area contributed by atoms with Crippen LogP contribution in [0.2, 0.25) is 0 Å². The van der Waals surface area contributed by atoms with E-state index in [0.29, 0.717) is 17.8 Å². The quantitative estimate of drug-likeness (QED) is 0.628. The van der Waals surface area contributed by atoms with Crippen LogP contribution in [-0.4, -0.2) is 29.7 Å². The SMILES string of the molecule is C#CN1C(=O)C(=O)c2cc(-c3ccccc3)c3c(c21)CN(CC)CC3. The molecule has 0 fully saturated rings.